The van der Waals surface area contributed by atoms with Gasteiger partial charge in [0.25, 0.3) is 0 Å². The fourth-order valence-corrected chi connectivity index (χ4v) is 2.87. The van der Waals surface area contributed by atoms with Gasteiger partial charge in [-0.2, -0.15) is 0 Å². The van der Waals surface area contributed by atoms with Gasteiger partial charge in [0.1, 0.15) is 5.15 Å². The third kappa shape index (κ3) is 4.75. The summed E-state index contributed by atoms with van der Waals surface area (Å²) in [7, 11) is -2.29. The van der Waals surface area contributed by atoms with E-state index in [9.17, 15) is 13.2 Å². The highest BCUT2D eigenvalue weighted by Gasteiger charge is 2.17. The van der Waals surface area contributed by atoms with Crippen molar-refractivity contribution in [3.63, 3.8) is 0 Å². The number of carbonyl (C=O) groups excluding carboxylic acids is 1. The molecule has 0 radical (unpaired) electrons. The van der Waals surface area contributed by atoms with Gasteiger partial charge in [0.15, 0.2) is 9.84 Å². The Hall–Kier alpha value is -0.920. The lowest BCUT2D eigenvalue weighted by atomic mass is 10.4. The van der Waals surface area contributed by atoms with Crippen LogP contribution in [0.15, 0.2) is 6.20 Å². The molecule has 18 heavy (non-hydrogen) atoms. The van der Waals surface area contributed by atoms with Crippen LogP contribution in [0.4, 0.5) is 0 Å². The van der Waals surface area contributed by atoms with Crippen molar-refractivity contribution >= 4 is 39.0 Å². The van der Waals surface area contributed by atoms with Crippen molar-refractivity contribution in [3.8, 4) is 0 Å². The summed E-state index contributed by atoms with van der Waals surface area (Å²) in [6.07, 6.45) is 1.04. The molecule has 1 heterocycles. The number of aromatic nitrogens is 2. The minimum atomic E-state index is -3.48. The van der Waals surface area contributed by atoms with E-state index in [1.54, 1.807) is 0 Å². The Balaban J connectivity index is 2.73. The normalized spacial score (nSPS) is 11.3. The van der Waals surface area contributed by atoms with E-state index in [1.165, 1.54) is 13.3 Å². The van der Waals surface area contributed by atoms with Gasteiger partial charge in [-0.05, 0) is 11.6 Å². The highest BCUT2D eigenvalue weighted by Crippen LogP contribution is 2.17. The summed E-state index contributed by atoms with van der Waals surface area (Å²) in [4.78, 5) is 18.1. The second-order valence-corrected chi connectivity index (χ2v) is 6.25. The maximum atomic E-state index is 11.7. The van der Waals surface area contributed by atoms with Gasteiger partial charge in [-0.1, -0.05) is 11.6 Å². The second-order valence-electron chi connectivity index (χ2n) is 3.37. The third-order valence-electron chi connectivity index (χ3n) is 2.00. The average molecular weight is 313 g/mol. The van der Waals surface area contributed by atoms with Crippen molar-refractivity contribution in [1.29, 1.82) is 0 Å². The smallest absolute Gasteiger partial charge is 0.306 e. The van der Waals surface area contributed by atoms with E-state index in [-0.39, 0.29) is 33.9 Å². The molecule has 0 saturated carbocycles. The molecule has 0 N–H and O–H groups in total. The van der Waals surface area contributed by atoms with Crippen molar-refractivity contribution in [2.24, 2.45) is 0 Å². The van der Waals surface area contributed by atoms with Gasteiger partial charge in [0, 0.05) is 11.8 Å². The van der Waals surface area contributed by atoms with Crippen LogP contribution >= 0.6 is 23.2 Å². The van der Waals surface area contributed by atoms with Gasteiger partial charge < -0.3 is 4.74 Å². The molecule has 0 bridgehead atoms. The summed E-state index contributed by atoms with van der Waals surface area (Å²) in [5, 5.41) is -0.0765. The van der Waals surface area contributed by atoms with Crippen LogP contribution in [0, 0.1) is 0 Å². The van der Waals surface area contributed by atoms with E-state index in [1.807, 2.05) is 0 Å². The lowest BCUT2D eigenvalue weighted by Crippen LogP contribution is -2.14. The number of esters is 1. The van der Waals surface area contributed by atoms with Crippen molar-refractivity contribution in [2.75, 3.05) is 12.9 Å². The molecule has 0 aliphatic carbocycles. The molecule has 0 atom stereocenters. The quantitative estimate of drug-likeness (QED) is 0.462. The summed E-state index contributed by atoms with van der Waals surface area (Å²) < 4.78 is 27.8. The number of rotatable bonds is 5. The fourth-order valence-electron chi connectivity index (χ4n) is 1.11. The minimum Gasteiger partial charge on any atom is -0.469 e. The number of halogens is 2. The van der Waals surface area contributed by atoms with Crippen LogP contribution in [0.2, 0.25) is 10.4 Å². The monoisotopic (exact) mass is 312 g/mol. The molecule has 0 aromatic carbocycles. The molecular weight excluding hydrogens is 303 g/mol. The fraction of sp³-hybridized carbons (Fsp3) is 0.444. The number of carbonyl (C=O) groups is 1. The summed E-state index contributed by atoms with van der Waals surface area (Å²) in [5.74, 6) is -1.25. The first kappa shape index (κ1) is 15.1. The van der Waals surface area contributed by atoms with E-state index in [0.717, 1.165) is 0 Å². The topological polar surface area (TPSA) is 86.2 Å². The summed E-state index contributed by atoms with van der Waals surface area (Å²) in [6.45, 7) is 0. The maximum absolute atomic E-state index is 11.7. The largest absolute Gasteiger partial charge is 0.469 e. The molecule has 9 heteroatoms. The zero-order valence-corrected chi connectivity index (χ0v) is 11.7. The number of nitrogens with zero attached hydrogens (tertiary/aromatic N) is 2. The van der Waals surface area contributed by atoms with Crippen molar-refractivity contribution in [2.45, 2.75) is 12.2 Å². The SMILES string of the molecule is COC(=O)CCS(=O)(=O)Cc1cnc(Cl)nc1Cl. The first-order valence-electron chi connectivity index (χ1n) is 4.78. The first-order chi connectivity index (χ1) is 8.34. The Morgan fingerprint density at radius 2 is 2.11 bits per heavy atom. The molecule has 0 aliphatic heterocycles. The van der Waals surface area contributed by atoms with Gasteiger partial charge in [0.05, 0.1) is 25.0 Å². The molecule has 0 amide bonds. The molecule has 1 aromatic rings. The van der Waals surface area contributed by atoms with Crippen LogP contribution in [-0.4, -0.2) is 37.2 Å². The minimum absolute atomic E-state index is 0.0170. The molecule has 0 fully saturated rings. The maximum Gasteiger partial charge on any atom is 0.306 e. The Kier molecular flexibility index (Phi) is 5.30. The predicted octanol–water partition coefficient (Wildman–Crippen LogP) is 1.26. The Bertz CT molecular complexity index is 547. The molecule has 0 spiro atoms. The Morgan fingerprint density at radius 1 is 1.44 bits per heavy atom. The standard InChI is InChI=1S/C9H10Cl2N2O4S/c1-17-7(14)2-3-18(15,16)5-6-4-12-9(11)13-8(6)10/h4H,2-3,5H2,1H3. The van der Waals surface area contributed by atoms with Crippen molar-refractivity contribution in [1.82, 2.24) is 9.97 Å². The highest BCUT2D eigenvalue weighted by molar-refractivity contribution is 7.90. The van der Waals surface area contributed by atoms with Crippen LogP contribution in [0.5, 0.6) is 0 Å². The lowest BCUT2D eigenvalue weighted by Gasteiger charge is -2.05. The molecule has 1 rings (SSSR count). The number of methoxy groups -OCH3 is 1. The summed E-state index contributed by atoms with van der Waals surface area (Å²) in [6, 6.07) is 0. The molecular formula is C9H10Cl2N2O4S. The number of sulfone groups is 1. The van der Waals surface area contributed by atoms with E-state index >= 15 is 0 Å². The van der Waals surface area contributed by atoms with Crippen molar-refractivity contribution < 1.29 is 17.9 Å². The van der Waals surface area contributed by atoms with E-state index in [0.29, 0.717) is 0 Å². The van der Waals surface area contributed by atoms with Gasteiger partial charge in [-0.25, -0.2) is 18.4 Å². The van der Waals surface area contributed by atoms with E-state index in [4.69, 9.17) is 23.2 Å². The zero-order chi connectivity index (χ0) is 13.8. The molecule has 0 aliphatic rings. The van der Waals surface area contributed by atoms with Crippen LogP contribution in [0.3, 0.4) is 0 Å². The molecule has 1 aromatic heterocycles. The zero-order valence-electron chi connectivity index (χ0n) is 9.39. The molecule has 100 valence electrons. The van der Waals surface area contributed by atoms with Crippen molar-refractivity contribution in [3.05, 3.63) is 22.2 Å². The Morgan fingerprint density at radius 3 is 2.67 bits per heavy atom. The summed E-state index contributed by atoms with van der Waals surface area (Å²) >= 11 is 11.2. The highest BCUT2D eigenvalue weighted by atomic mass is 35.5. The number of ether oxygens (including phenoxy) is 1. The van der Waals surface area contributed by atoms with Crippen LogP contribution in [0.1, 0.15) is 12.0 Å². The van der Waals surface area contributed by atoms with Crippen LogP contribution < -0.4 is 0 Å². The summed E-state index contributed by atoms with van der Waals surface area (Å²) in [5.41, 5.74) is 0.242. The Labute approximate surface area is 114 Å². The lowest BCUT2D eigenvalue weighted by molar-refractivity contribution is -0.140. The first-order valence-corrected chi connectivity index (χ1v) is 7.36. The van der Waals surface area contributed by atoms with E-state index < -0.39 is 15.8 Å². The van der Waals surface area contributed by atoms with Crippen LogP contribution in [0.25, 0.3) is 0 Å². The third-order valence-corrected chi connectivity index (χ3v) is 4.09. The van der Waals surface area contributed by atoms with E-state index in [2.05, 4.69) is 14.7 Å². The average Bonchev–Trinajstić information content (AvgIpc) is 2.30. The van der Waals surface area contributed by atoms with Crippen LogP contribution in [-0.2, 0) is 25.1 Å². The second kappa shape index (κ2) is 6.31. The number of hydrogen-bond acceptors (Lipinski definition) is 6. The van der Waals surface area contributed by atoms with Gasteiger partial charge in [0.2, 0.25) is 5.28 Å². The van der Waals surface area contributed by atoms with Gasteiger partial charge in [-0.15, -0.1) is 0 Å². The predicted molar refractivity (Wildman–Crippen MR) is 66.2 cm³/mol. The van der Waals surface area contributed by atoms with Gasteiger partial charge in [-0.3, -0.25) is 4.79 Å². The molecule has 6 nitrogen and oxygen atoms in total. The van der Waals surface area contributed by atoms with Gasteiger partial charge >= 0.3 is 5.97 Å². The molecule has 0 unspecified atom stereocenters. The number of hydrogen-bond donors (Lipinski definition) is 0. The molecule has 0 saturated heterocycles.